The summed E-state index contributed by atoms with van der Waals surface area (Å²) in [5.41, 5.74) is 1.08. The lowest BCUT2D eigenvalue weighted by Crippen LogP contribution is -2.30. The maximum Gasteiger partial charge on any atom is 0.303 e. The Kier molecular flexibility index (Phi) is 7.13. The third-order valence-corrected chi connectivity index (χ3v) is 2.54. The van der Waals surface area contributed by atoms with Gasteiger partial charge < -0.3 is 20.5 Å². The second-order valence-electron chi connectivity index (χ2n) is 4.31. The first kappa shape index (κ1) is 16.0. The second kappa shape index (κ2) is 8.92. The molecule has 0 aliphatic carbocycles. The van der Waals surface area contributed by atoms with E-state index in [4.69, 9.17) is 9.84 Å². The number of hydrogen-bond donors (Lipinski definition) is 3. The third kappa shape index (κ3) is 6.75. The van der Waals surface area contributed by atoms with Gasteiger partial charge in [-0.15, -0.1) is 0 Å². The van der Waals surface area contributed by atoms with E-state index >= 15 is 0 Å². The van der Waals surface area contributed by atoms with Gasteiger partial charge in [0.25, 0.3) is 5.91 Å². The SMILES string of the molecule is CNCc1cccc(OCC(=O)NCCCC(=O)O)c1. The smallest absolute Gasteiger partial charge is 0.303 e. The zero-order chi connectivity index (χ0) is 14.8. The van der Waals surface area contributed by atoms with Crippen molar-refractivity contribution in [3.05, 3.63) is 29.8 Å². The fraction of sp³-hybridized carbons (Fsp3) is 0.429. The molecule has 0 saturated heterocycles. The van der Waals surface area contributed by atoms with Crippen LogP contribution in [0, 0.1) is 0 Å². The van der Waals surface area contributed by atoms with Crippen LogP contribution < -0.4 is 15.4 Å². The zero-order valence-corrected chi connectivity index (χ0v) is 11.5. The normalized spacial score (nSPS) is 10.1. The predicted molar refractivity (Wildman–Crippen MR) is 74.6 cm³/mol. The molecule has 0 aliphatic rings. The number of amides is 1. The van der Waals surface area contributed by atoms with Crippen LogP contribution in [-0.2, 0) is 16.1 Å². The molecule has 1 aromatic rings. The average molecular weight is 280 g/mol. The molecule has 0 atom stereocenters. The minimum atomic E-state index is -0.864. The summed E-state index contributed by atoms with van der Waals surface area (Å²) in [5.74, 6) is -0.482. The van der Waals surface area contributed by atoms with Crippen LogP contribution in [-0.4, -0.2) is 37.2 Å². The van der Waals surface area contributed by atoms with Crippen LogP contribution in [0.25, 0.3) is 0 Å². The molecule has 6 heteroatoms. The number of carbonyl (C=O) groups is 2. The predicted octanol–water partition coefficient (Wildman–Crippen LogP) is 0.766. The Labute approximate surface area is 118 Å². The van der Waals surface area contributed by atoms with E-state index in [-0.39, 0.29) is 18.9 Å². The van der Waals surface area contributed by atoms with E-state index in [9.17, 15) is 9.59 Å². The summed E-state index contributed by atoms with van der Waals surface area (Å²) in [6.07, 6.45) is 0.464. The maximum atomic E-state index is 11.5. The Morgan fingerprint density at radius 2 is 2.15 bits per heavy atom. The molecule has 1 rings (SSSR count). The van der Waals surface area contributed by atoms with Crippen molar-refractivity contribution < 1.29 is 19.4 Å². The first-order valence-electron chi connectivity index (χ1n) is 6.46. The summed E-state index contributed by atoms with van der Waals surface area (Å²) in [6, 6.07) is 7.49. The molecule has 0 aliphatic heterocycles. The molecule has 3 N–H and O–H groups in total. The monoisotopic (exact) mass is 280 g/mol. The van der Waals surface area contributed by atoms with Gasteiger partial charge in [0.15, 0.2) is 6.61 Å². The van der Waals surface area contributed by atoms with Crippen molar-refractivity contribution in [3.63, 3.8) is 0 Å². The van der Waals surface area contributed by atoms with E-state index in [1.165, 1.54) is 0 Å². The van der Waals surface area contributed by atoms with Gasteiger partial charge in [0.1, 0.15) is 5.75 Å². The number of rotatable bonds is 9. The Morgan fingerprint density at radius 3 is 2.85 bits per heavy atom. The van der Waals surface area contributed by atoms with E-state index in [2.05, 4.69) is 10.6 Å². The molecule has 0 spiro atoms. The summed E-state index contributed by atoms with van der Waals surface area (Å²) in [6.45, 7) is 1.00. The summed E-state index contributed by atoms with van der Waals surface area (Å²) in [7, 11) is 1.86. The number of hydrogen-bond acceptors (Lipinski definition) is 4. The first-order chi connectivity index (χ1) is 9.61. The lowest BCUT2D eigenvalue weighted by molar-refractivity contribution is -0.137. The topological polar surface area (TPSA) is 87.7 Å². The summed E-state index contributed by atoms with van der Waals surface area (Å²) < 4.78 is 5.38. The highest BCUT2D eigenvalue weighted by molar-refractivity contribution is 5.77. The molecule has 110 valence electrons. The van der Waals surface area contributed by atoms with Crippen molar-refractivity contribution in [2.75, 3.05) is 20.2 Å². The maximum absolute atomic E-state index is 11.5. The molecule has 0 heterocycles. The minimum absolute atomic E-state index is 0.0488. The quantitative estimate of drug-likeness (QED) is 0.581. The van der Waals surface area contributed by atoms with E-state index < -0.39 is 5.97 Å². The van der Waals surface area contributed by atoms with E-state index in [1.807, 2.05) is 25.2 Å². The molecular formula is C14H20N2O4. The number of carboxylic acids is 1. The van der Waals surface area contributed by atoms with Crippen molar-refractivity contribution >= 4 is 11.9 Å². The first-order valence-corrected chi connectivity index (χ1v) is 6.46. The standard InChI is InChI=1S/C14H20N2O4/c1-15-9-11-4-2-5-12(8-11)20-10-13(17)16-7-3-6-14(18)19/h2,4-5,8,15H,3,6-7,9-10H2,1H3,(H,16,17)(H,18,19). The summed E-state index contributed by atoms with van der Waals surface area (Å²) in [4.78, 5) is 21.8. The molecule has 20 heavy (non-hydrogen) atoms. The number of carboxylic acid groups (broad SMARTS) is 1. The van der Waals surface area contributed by atoms with Gasteiger partial charge in [0.05, 0.1) is 0 Å². The van der Waals surface area contributed by atoms with E-state index in [1.54, 1.807) is 6.07 Å². The van der Waals surface area contributed by atoms with Gasteiger partial charge in [-0.25, -0.2) is 0 Å². The van der Waals surface area contributed by atoms with E-state index in [0.29, 0.717) is 18.7 Å². The summed E-state index contributed by atoms with van der Waals surface area (Å²) in [5, 5.41) is 14.1. The Balaban J connectivity index is 2.26. The number of carbonyl (C=O) groups excluding carboxylic acids is 1. The highest BCUT2D eigenvalue weighted by Gasteiger charge is 2.03. The van der Waals surface area contributed by atoms with E-state index in [0.717, 1.165) is 12.1 Å². The van der Waals surface area contributed by atoms with Crippen LogP contribution in [0.3, 0.4) is 0 Å². The lowest BCUT2D eigenvalue weighted by atomic mass is 10.2. The van der Waals surface area contributed by atoms with Crippen molar-refractivity contribution in [1.82, 2.24) is 10.6 Å². The van der Waals surface area contributed by atoms with Gasteiger partial charge in [-0.05, 0) is 31.2 Å². The van der Waals surface area contributed by atoms with Gasteiger partial charge in [-0.1, -0.05) is 12.1 Å². The van der Waals surface area contributed by atoms with Crippen molar-refractivity contribution in [2.45, 2.75) is 19.4 Å². The molecule has 0 radical (unpaired) electrons. The molecule has 1 aromatic carbocycles. The van der Waals surface area contributed by atoms with Crippen molar-refractivity contribution in [3.8, 4) is 5.75 Å². The molecule has 6 nitrogen and oxygen atoms in total. The second-order valence-corrected chi connectivity index (χ2v) is 4.31. The molecule has 0 unspecified atom stereocenters. The Hall–Kier alpha value is -2.08. The van der Waals surface area contributed by atoms with Crippen LogP contribution in [0.2, 0.25) is 0 Å². The Morgan fingerprint density at radius 1 is 1.35 bits per heavy atom. The van der Waals surface area contributed by atoms with Gasteiger partial charge in [-0.2, -0.15) is 0 Å². The minimum Gasteiger partial charge on any atom is -0.484 e. The lowest BCUT2D eigenvalue weighted by Gasteiger charge is -2.08. The fourth-order valence-corrected chi connectivity index (χ4v) is 1.62. The average Bonchev–Trinajstić information content (AvgIpc) is 2.42. The van der Waals surface area contributed by atoms with Gasteiger partial charge in [0, 0.05) is 19.5 Å². The number of aliphatic carboxylic acids is 1. The van der Waals surface area contributed by atoms with Gasteiger partial charge in [0.2, 0.25) is 0 Å². The zero-order valence-electron chi connectivity index (χ0n) is 11.5. The summed E-state index contributed by atoms with van der Waals surface area (Å²) >= 11 is 0. The molecule has 0 saturated carbocycles. The van der Waals surface area contributed by atoms with Crippen molar-refractivity contribution in [1.29, 1.82) is 0 Å². The van der Waals surface area contributed by atoms with Gasteiger partial charge >= 0.3 is 5.97 Å². The van der Waals surface area contributed by atoms with Crippen LogP contribution in [0.5, 0.6) is 5.75 Å². The largest absolute Gasteiger partial charge is 0.484 e. The number of nitrogens with one attached hydrogen (secondary N) is 2. The Bertz CT molecular complexity index is 449. The van der Waals surface area contributed by atoms with Crippen LogP contribution >= 0.6 is 0 Å². The van der Waals surface area contributed by atoms with Crippen LogP contribution in [0.4, 0.5) is 0 Å². The highest BCUT2D eigenvalue weighted by Crippen LogP contribution is 2.12. The third-order valence-electron chi connectivity index (χ3n) is 2.54. The number of benzene rings is 1. The van der Waals surface area contributed by atoms with Crippen LogP contribution in [0.1, 0.15) is 18.4 Å². The molecule has 0 fully saturated rings. The fourth-order valence-electron chi connectivity index (χ4n) is 1.62. The van der Waals surface area contributed by atoms with Crippen LogP contribution in [0.15, 0.2) is 24.3 Å². The molecule has 0 bridgehead atoms. The molecular weight excluding hydrogens is 260 g/mol. The number of ether oxygens (including phenoxy) is 1. The molecule has 0 aromatic heterocycles. The highest BCUT2D eigenvalue weighted by atomic mass is 16.5. The van der Waals surface area contributed by atoms with Crippen molar-refractivity contribution in [2.24, 2.45) is 0 Å². The molecule has 1 amide bonds. The van der Waals surface area contributed by atoms with Gasteiger partial charge in [-0.3, -0.25) is 9.59 Å².